The molecule has 0 unspecified atom stereocenters. The summed E-state index contributed by atoms with van der Waals surface area (Å²) in [5.74, 6) is -0.671. The minimum Gasteiger partial charge on any atom is -0.488 e. The number of halogens is 1. The SMILES string of the molecule is C[C@@H]1CN([C@@H](C)CO)C(=O)Cc2cc(NC(=O)c3ccncc3)ccc2O[C@@H]1CN(C)C(=O)Nc1ccc(F)cc1. The van der Waals surface area contributed by atoms with E-state index < -0.39 is 24.0 Å². The topological polar surface area (TPSA) is 124 Å². The number of aromatic nitrogens is 1. The van der Waals surface area contributed by atoms with Crippen LogP contribution in [0.1, 0.15) is 29.8 Å². The minimum atomic E-state index is -0.519. The van der Waals surface area contributed by atoms with Gasteiger partial charge in [-0.2, -0.15) is 0 Å². The van der Waals surface area contributed by atoms with Crippen molar-refractivity contribution in [3.05, 3.63) is 83.9 Å². The molecule has 3 N–H and O–H groups in total. The Hall–Kier alpha value is -4.51. The van der Waals surface area contributed by atoms with E-state index in [4.69, 9.17) is 4.74 Å². The molecule has 3 aromatic rings. The number of hydrogen-bond acceptors (Lipinski definition) is 6. The highest BCUT2D eigenvalue weighted by Crippen LogP contribution is 2.29. The first-order chi connectivity index (χ1) is 19.6. The van der Waals surface area contributed by atoms with E-state index in [9.17, 15) is 23.9 Å². The van der Waals surface area contributed by atoms with Gasteiger partial charge in [-0.25, -0.2) is 9.18 Å². The second kappa shape index (κ2) is 13.2. The van der Waals surface area contributed by atoms with Crippen molar-refractivity contribution < 1.29 is 28.6 Å². The number of nitrogens with one attached hydrogen (secondary N) is 2. The van der Waals surface area contributed by atoms with Crippen molar-refractivity contribution in [2.75, 3.05) is 37.4 Å². The van der Waals surface area contributed by atoms with Crippen LogP contribution in [0, 0.1) is 11.7 Å². The Morgan fingerprint density at radius 2 is 1.80 bits per heavy atom. The summed E-state index contributed by atoms with van der Waals surface area (Å²) in [6.45, 7) is 3.97. The molecule has 10 nitrogen and oxygen atoms in total. The molecule has 1 aliphatic heterocycles. The molecule has 41 heavy (non-hydrogen) atoms. The van der Waals surface area contributed by atoms with Gasteiger partial charge in [0, 0.05) is 54.4 Å². The molecular formula is C30H34FN5O5. The van der Waals surface area contributed by atoms with Crippen LogP contribution in [-0.4, -0.2) is 76.6 Å². The number of rotatable bonds is 7. The summed E-state index contributed by atoms with van der Waals surface area (Å²) in [6, 6.07) is 12.9. The monoisotopic (exact) mass is 563 g/mol. The maximum absolute atomic E-state index is 13.4. The zero-order valence-electron chi connectivity index (χ0n) is 23.2. The molecule has 4 rings (SSSR count). The average Bonchev–Trinajstić information content (AvgIpc) is 3.01. The van der Waals surface area contributed by atoms with Crippen LogP contribution >= 0.6 is 0 Å². The number of carbonyl (C=O) groups is 3. The molecule has 3 atom stereocenters. The normalized spacial score (nSPS) is 17.7. The lowest BCUT2D eigenvalue weighted by molar-refractivity contribution is -0.134. The fourth-order valence-electron chi connectivity index (χ4n) is 4.54. The van der Waals surface area contributed by atoms with Gasteiger partial charge in [0.1, 0.15) is 17.7 Å². The first kappa shape index (κ1) is 29.5. The Morgan fingerprint density at radius 1 is 1.12 bits per heavy atom. The number of urea groups is 1. The molecule has 0 aliphatic carbocycles. The third-order valence-electron chi connectivity index (χ3n) is 7.01. The molecule has 0 bridgehead atoms. The number of aliphatic hydroxyl groups excluding tert-OH is 1. The summed E-state index contributed by atoms with van der Waals surface area (Å²) in [4.78, 5) is 46.0. The Labute approximate surface area is 238 Å². The van der Waals surface area contributed by atoms with Gasteiger partial charge in [-0.3, -0.25) is 14.6 Å². The summed E-state index contributed by atoms with van der Waals surface area (Å²) in [7, 11) is 1.62. The van der Waals surface area contributed by atoms with Crippen LogP contribution in [0.15, 0.2) is 67.0 Å². The van der Waals surface area contributed by atoms with Crippen LogP contribution < -0.4 is 15.4 Å². The van der Waals surface area contributed by atoms with Gasteiger partial charge in [-0.05, 0) is 61.5 Å². The van der Waals surface area contributed by atoms with Crippen molar-refractivity contribution in [1.82, 2.24) is 14.8 Å². The van der Waals surface area contributed by atoms with Crippen LogP contribution in [0.2, 0.25) is 0 Å². The van der Waals surface area contributed by atoms with E-state index in [0.717, 1.165) is 0 Å². The zero-order chi connectivity index (χ0) is 29.5. The number of ether oxygens (including phenoxy) is 1. The van der Waals surface area contributed by atoms with Gasteiger partial charge < -0.3 is 30.3 Å². The number of anilines is 2. The maximum Gasteiger partial charge on any atom is 0.321 e. The summed E-state index contributed by atoms with van der Waals surface area (Å²) in [6.07, 6.45) is 2.54. The van der Waals surface area contributed by atoms with Crippen molar-refractivity contribution in [2.45, 2.75) is 32.4 Å². The molecule has 0 spiro atoms. The van der Waals surface area contributed by atoms with Gasteiger partial charge in [0.15, 0.2) is 0 Å². The van der Waals surface area contributed by atoms with Crippen LogP contribution in [0.3, 0.4) is 0 Å². The van der Waals surface area contributed by atoms with Crippen LogP contribution in [-0.2, 0) is 11.2 Å². The number of hydrogen-bond donors (Lipinski definition) is 3. The second-order valence-electron chi connectivity index (χ2n) is 10.2. The van der Waals surface area contributed by atoms with E-state index in [1.807, 2.05) is 6.92 Å². The lowest BCUT2D eigenvalue weighted by Gasteiger charge is -2.34. The molecule has 0 saturated heterocycles. The van der Waals surface area contributed by atoms with Gasteiger partial charge in [0.05, 0.1) is 25.6 Å². The van der Waals surface area contributed by atoms with E-state index >= 15 is 0 Å². The predicted octanol–water partition coefficient (Wildman–Crippen LogP) is 3.79. The van der Waals surface area contributed by atoms with Gasteiger partial charge in [-0.1, -0.05) is 6.92 Å². The lowest BCUT2D eigenvalue weighted by atomic mass is 10.0. The molecule has 11 heteroatoms. The molecule has 216 valence electrons. The number of amides is 4. The van der Waals surface area contributed by atoms with Crippen LogP contribution in [0.5, 0.6) is 5.75 Å². The molecule has 1 aliphatic rings. The van der Waals surface area contributed by atoms with Crippen molar-refractivity contribution in [3.63, 3.8) is 0 Å². The number of likely N-dealkylation sites (N-methyl/N-ethyl adjacent to an activating group) is 1. The van der Waals surface area contributed by atoms with E-state index in [0.29, 0.717) is 34.8 Å². The molecule has 4 amide bonds. The highest BCUT2D eigenvalue weighted by atomic mass is 19.1. The number of pyridine rings is 1. The fraction of sp³-hybridized carbons (Fsp3) is 0.333. The highest BCUT2D eigenvalue weighted by Gasteiger charge is 2.32. The summed E-state index contributed by atoms with van der Waals surface area (Å²) in [5, 5.41) is 15.4. The summed E-state index contributed by atoms with van der Waals surface area (Å²) < 4.78 is 19.7. The van der Waals surface area contributed by atoms with E-state index in [2.05, 4.69) is 15.6 Å². The molecule has 0 saturated carbocycles. The molecule has 0 fully saturated rings. The third kappa shape index (κ3) is 7.57. The number of nitrogens with zero attached hydrogens (tertiary/aromatic N) is 3. The first-order valence-corrected chi connectivity index (χ1v) is 13.3. The Kier molecular flexibility index (Phi) is 9.51. The zero-order valence-corrected chi connectivity index (χ0v) is 23.2. The Morgan fingerprint density at radius 3 is 2.49 bits per heavy atom. The molecule has 1 aromatic heterocycles. The van der Waals surface area contributed by atoms with E-state index in [1.54, 1.807) is 49.2 Å². The smallest absolute Gasteiger partial charge is 0.321 e. The molecular weight excluding hydrogens is 529 g/mol. The summed E-state index contributed by atoms with van der Waals surface area (Å²) >= 11 is 0. The molecule has 2 heterocycles. The fourth-order valence-corrected chi connectivity index (χ4v) is 4.54. The van der Waals surface area contributed by atoms with Crippen LogP contribution in [0.4, 0.5) is 20.6 Å². The third-order valence-corrected chi connectivity index (χ3v) is 7.01. The average molecular weight is 564 g/mol. The number of carbonyl (C=O) groups excluding carboxylic acids is 3. The molecule has 0 radical (unpaired) electrons. The van der Waals surface area contributed by atoms with E-state index in [-0.39, 0.29) is 37.3 Å². The van der Waals surface area contributed by atoms with Crippen LogP contribution in [0.25, 0.3) is 0 Å². The largest absolute Gasteiger partial charge is 0.488 e. The van der Waals surface area contributed by atoms with E-state index in [1.165, 1.54) is 41.6 Å². The predicted molar refractivity (Wildman–Crippen MR) is 152 cm³/mol. The standard InChI is InChI=1S/C30H34FN5O5/c1-19-16-36(20(2)18-37)28(38)15-22-14-25(33-29(39)21-10-12-32-13-11-21)8-9-26(22)41-27(19)17-35(3)30(40)34-24-6-4-23(31)5-7-24/h4-14,19-20,27,37H,15-18H2,1-3H3,(H,33,39)(H,34,40)/t19-,20+,27-/m1/s1. The number of benzene rings is 2. The first-order valence-electron chi connectivity index (χ1n) is 13.3. The quantitative estimate of drug-likeness (QED) is 0.402. The van der Waals surface area contributed by atoms with Gasteiger partial charge in [0.2, 0.25) is 5.91 Å². The Balaban J connectivity index is 1.58. The van der Waals surface area contributed by atoms with Crippen molar-refractivity contribution in [3.8, 4) is 5.75 Å². The minimum absolute atomic E-state index is 0.00102. The maximum atomic E-state index is 13.4. The van der Waals surface area contributed by atoms with Gasteiger partial charge >= 0.3 is 6.03 Å². The summed E-state index contributed by atoms with van der Waals surface area (Å²) in [5.41, 5.74) is 1.94. The highest BCUT2D eigenvalue weighted by molar-refractivity contribution is 6.04. The van der Waals surface area contributed by atoms with Gasteiger partial charge in [-0.15, -0.1) is 0 Å². The van der Waals surface area contributed by atoms with Crippen molar-refractivity contribution in [1.29, 1.82) is 0 Å². The second-order valence-corrected chi connectivity index (χ2v) is 10.2. The molecule has 2 aromatic carbocycles. The lowest BCUT2D eigenvalue weighted by Crippen LogP contribution is -2.48. The van der Waals surface area contributed by atoms with Gasteiger partial charge in [0.25, 0.3) is 5.91 Å². The Bertz CT molecular complexity index is 1370. The number of aliphatic hydroxyl groups is 1. The number of fused-ring (bicyclic) bond motifs is 1. The van der Waals surface area contributed by atoms with Crippen molar-refractivity contribution in [2.24, 2.45) is 5.92 Å². The van der Waals surface area contributed by atoms with Crippen molar-refractivity contribution >= 4 is 29.2 Å².